The largest absolute Gasteiger partial charge is 0.431 e. The number of pyridine rings is 1. The lowest BCUT2D eigenvalue weighted by Crippen LogP contribution is -2.37. The zero-order chi connectivity index (χ0) is 17.1. The van der Waals surface area contributed by atoms with Crippen LogP contribution >= 0.6 is 0 Å². The number of aromatic nitrogens is 1. The van der Waals surface area contributed by atoms with E-state index in [0.29, 0.717) is 12.1 Å². The Bertz CT molecular complexity index is 591. The fourth-order valence-corrected chi connectivity index (χ4v) is 1.64. The highest BCUT2D eigenvalue weighted by Gasteiger charge is 2.33. The first-order valence-electron chi connectivity index (χ1n) is 6.12. The monoisotopic (exact) mass is 330 g/mol. The van der Waals surface area contributed by atoms with Crippen molar-refractivity contribution in [3.63, 3.8) is 0 Å². The third-order valence-electron chi connectivity index (χ3n) is 2.78. The lowest BCUT2D eigenvalue weighted by atomic mass is 10.2. The van der Waals surface area contributed by atoms with Gasteiger partial charge >= 0.3 is 12.4 Å². The van der Waals surface area contributed by atoms with Crippen molar-refractivity contribution in [1.82, 2.24) is 9.88 Å². The van der Waals surface area contributed by atoms with Crippen molar-refractivity contribution < 1.29 is 31.1 Å². The quantitative estimate of drug-likeness (QED) is 0.863. The Balaban J connectivity index is 2.99. The normalized spacial score (nSPS) is 12.3. The molecule has 0 saturated heterocycles. The molecule has 0 aliphatic rings. The van der Waals surface area contributed by atoms with E-state index in [9.17, 15) is 35.9 Å². The van der Waals surface area contributed by atoms with Gasteiger partial charge < -0.3 is 9.88 Å². The molecule has 0 fully saturated rings. The van der Waals surface area contributed by atoms with Gasteiger partial charge in [0.25, 0.3) is 11.5 Å². The molecule has 0 aromatic carbocycles. The summed E-state index contributed by atoms with van der Waals surface area (Å²) < 4.78 is 73.6. The molecule has 0 radical (unpaired) electrons. The van der Waals surface area contributed by atoms with Crippen LogP contribution in [0, 0.1) is 0 Å². The van der Waals surface area contributed by atoms with Crippen LogP contribution in [0.25, 0.3) is 0 Å². The van der Waals surface area contributed by atoms with Gasteiger partial charge in [0.15, 0.2) is 0 Å². The van der Waals surface area contributed by atoms with Crippen molar-refractivity contribution in [3.8, 4) is 0 Å². The second-order valence-electron chi connectivity index (χ2n) is 4.36. The fraction of sp³-hybridized carbons (Fsp3) is 0.500. The molecule has 1 aromatic heterocycles. The minimum atomic E-state index is -4.79. The highest BCUT2D eigenvalue weighted by atomic mass is 19.4. The first kappa shape index (κ1) is 18.1. The third-order valence-corrected chi connectivity index (χ3v) is 2.78. The Kier molecular flexibility index (Phi) is 5.26. The van der Waals surface area contributed by atoms with Gasteiger partial charge in [0.2, 0.25) is 0 Å². The molecule has 1 rings (SSSR count). The summed E-state index contributed by atoms with van der Waals surface area (Å²) in [6, 6.07) is 1.15. The van der Waals surface area contributed by atoms with Gasteiger partial charge in [-0.2, -0.15) is 26.3 Å². The topological polar surface area (TPSA) is 53.2 Å². The molecular weight excluding hydrogens is 318 g/mol. The Morgan fingerprint density at radius 2 is 1.77 bits per heavy atom. The van der Waals surface area contributed by atoms with E-state index in [-0.39, 0.29) is 6.54 Å². The molecule has 1 amide bonds. The molecule has 0 unspecified atom stereocenters. The third kappa shape index (κ3) is 4.78. The van der Waals surface area contributed by atoms with Crippen molar-refractivity contribution >= 4 is 5.91 Å². The minimum Gasteiger partial charge on any atom is -0.338 e. The number of nitrogens with zero attached hydrogens (tertiary/aromatic N) is 1. The summed E-state index contributed by atoms with van der Waals surface area (Å²) in [4.78, 5) is 25.7. The Morgan fingerprint density at radius 1 is 1.18 bits per heavy atom. The van der Waals surface area contributed by atoms with Crippen LogP contribution in [0.2, 0.25) is 0 Å². The number of amides is 1. The average Bonchev–Trinajstić information content (AvgIpc) is 2.36. The molecule has 0 saturated carbocycles. The van der Waals surface area contributed by atoms with Crippen LogP contribution in [0.5, 0.6) is 0 Å². The predicted molar refractivity (Wildman–Crippen MR) is 64.3 cm³/mol. The van der Waals surface area contributed by atoms with Gasteiger partial charge in [-0.15, -0.1) is 0 Å². The molecular formula is C12H12F6N2O2. The van der Waals surface area contributed by atoms with Crippen LogP contribution < -0.4 is 5.56 Å². The summed E-state index contributed by atoms with van der Waals surface area (Å²) >= 11 is 0. The molecule has 1 N–H and O–H groups in total. The number of alkyl halides is 6. The second kappa shape index (κ2) is 6.41. The number of hydrogen-bond acceptors (Lipinski definition) is 2. The van der Waals surface area contributed by atoms with Gasteiger partial charge in [0.1, 0.15) is 11.3 Å². The lowest BCUT2D eigenvalue weighted by Gasteiger charge is -2.21. The zero-order valence-corrected chi connectivity index (χ0v) is 11.3. The van der Waals surface area contributed by atoms with E-state index in [0.717, 1.165) is 4.90 Å². The van der Waals surface area contributed by atoms with Gasteiger partial charge in [-0.05, 0) is 19.1 Å². The van der Waals surface area contributed by atoms with Crippen molar-refractivity contribution in [3.05, 3.63) is 33.7 Å². The summed E-state index contributed by atoms with van der Waals surface area (Å²) in [6.07, 6.45) is -10.5. The first-order chi connectivity index (χ1) is 9.95. The lowest BCUT2D eigenvalue weighted by molar-refractivity contribution is -0.141. The molecule has 124 valence electrons. The van der Waals surface area contributed by atoms with Crippen LogP contribution in [-0.2, 0) is 6.18 Å². The average molecular weight is 330 g/mol. The van der Waals surface area contributed by atoms with Gasteiger partial charge in [0.05, 0.1) is 6.42 Å². The van der Waals surface area contributed by atoms with Crippen LogP contribution in [0.15, 0.2) is 16.9 Å². The number of halogens is 6. The number of nitrogens with one attached hydrogen (secondary N) is 1. The summed E-state index contributed by atoms with van der Waals surface area (Å²) in [7, 11) is 0. The molecule has 0 aliphatic carbocycles. The van der Waals surface area contributed by atoms with Crippen LogP contribution in [0.3, 0.4) is 0 Å². The number of aromatic amines is 1. The van der Waals surface area contributed by atoms with Gasteiger partial charge in [-0.25, -0.2) is 0 Å². The summed E-state index contributed by atoms with van der Waals surface area (Å²) in [6.45, 7) is 0.598. The number of carbonyl (C=O) groups excluding carboxylic acids is 1. The Labute approximate surface area is 120 Å². The molecule has 10 heteroatoms. The summed E-state index contributed by atoms with van der Waals surface area (Å²) in [5.41, 5.74) is -3.28. The van der Waals surface area contributed by atoms with Crippen molar-refractivity contribution in [1.29, 1.82) is 0 Å². The highest BCUT2D eigenvalue weighted by molar-refractivity contribution is 5.93. The first-order valence-corrected chi connectivity index (χ1v) is 6.12. The van der Waals surface area contributed by atoms with Crippen LogP contribution in [-0.4, -0.2) is 35.1 Å². The number of hydrogen-bond donors (Lipinski definition) is 1. The Hall–Kier alpha value is -2.00. The maximum Gasteiger partial charge on any atom is 0.431 e. The van der Waals surface area contributed by atoms with E-state index in [4.69, 9.17) is 0 Å². The number of H-pyrrole nitrogens is 1. The number of rotatable bonds is 4. The maximum atomic E-state index is 12.4. The van der Waals surface area contributed by atoms with Gasteiger partial charge in [-0.3, -0.25) is 9.59 Å². The molecule has 0 atom stereocenters. The van der Waals surface area contributed by atoms with Crippen molar-refractivity contribution in [2.75, 3.05) is 13.1 Å². The molecule has 1 aromatic rings. The van der Waals surface area contributed by atoms with E-state index in [1.807, 2.05) is 0 Å². The molecule has 0 bridgehead atoms. The molecule has 0 spiro atoms. The maximum absolute atomic E-state index is 12.4. The Morgan fingerprint density at radius 3 is 2.18 bits per heavy atom. The van der Waals surface area contributed by atoms with E-state index >= 15 is 0 Å². The van der Waals surface area contributed by atoms with Crippen LogP contribution in [0.4, 0.5) is 26.3 Å². The minimum absolute atomic E-state index is 0.116. The van der Waals surface area contributed by atoms with Crippen molar-refractivity contribution in [2.45, 2.75) is 25.7 Å². The van der Waals surface area contributed by atoms with E-state index in [2.05, 4.69) is 0 Å². The summed E-state index contributed by atoms with van der Waals surface area (Å²) in [5.74, 6) is -1.05. The van der Waals surface area contributed by atoms with Gasteiger partial charge in [-0.1, -0.05) is 0 Å². The predicted octanol–water partition coefficient (Wildman–Crippen LogP) is 2.81. The smallest absolute Gasteiger partial charge is 0.338 e. The SMILES string of the molecule is CCN(CCC(F)(F)F)C(=O)c1ccc(C(F)(F)F)[nH]c1=O. The molecule has 22 heavy (non-hydrogen) atoms. The number of carbonyl (C=O) groups is 1. The van der Waals surface area contributed by atoms with E-state index in [1.54, 1.807) is 0 Å². The fourth-order valence-electron chi connectivity index (χ4n) is 1.64. The van der Waals surface area contributed by atoms with Crippen LogP contribution in [0.1, 0.15) is 29.4 Å². The zero-order valence-electron chi connectivity index (χ0n) is 11.3. The standard InChI is InChI=1S/C12H12F6N2O2/c1-2-20(6-5-11(13,14)15)10(22)7-3-4-8(12(16,17)18)19-9(7)21/h3-4H,2,5-6H2,1H3,(H,19,21). The highest BCUT2D eigenvalue weighted by Crippen LogP contribution is 2.26. The molecule has 0 aliphatic heterocycles. The molecule has 4 nitrogen and oxygen atoms in total. The van der Waals surface area contributed by atoms with E-state index < -0.39 is 48.0 Å². The molecule has 1 heterocycles. The summed E-state index contributed by atoms with van der Waals surface area (Å²) in [5, 5.41) is 0. The second-order valence-corrected chi connectivity index (χ2v) is 4.36. The van der Waals surface area contributed by atoms with E-state index in [1.165, 1.54) is 11.9 Å². The van der Waals surface area contributed by atoms with Gasteiger partial charge in [0, 0.05) is 13.1 Å². The van der Waals surface area contributed by atoms with Crippen molar-refractivity contribution in [2.24, 2.45) is 0 Å².